The highest BCUT2D eigenvalue weighted by Crippen LogP contribution is 2.29. The number of rotatable bonds is 3. The van der Waals surface area contributed by atoms with Crippen molar-refractivity contribution in [3.8, 4) is 0 Å². The van der Waals surface area contributed by atoms with Gasteiger partial charge in [-0.15, -0.1) is 0 Å². The summed E-state index contributed by atoms with van der Waals surface area (Å²) in [5, 5.41) is 6.00. The Hall–Kier alpha value is -3.15. The van der Waals surface area contributed by atoms with Gasteiger partial charge in [0.2, 0.25) is 11.8 Å². The molecule has 0 spiro atoms. The molecule has 2 heterocycles. The number of carbonyl (C=O) groups is 3. The van der Waals surface area contributed by atoms with Crippen LogP contribution >= 0.6 is 0 Å². The Bertz CT molecular complexity index is 905. The van der Waals surface area contributed by atoms with Crippen LogP contribution in [0.1, 0.15) is 24.0 Å². The lowest BCUT2D eigenvalue weighted by molar-refractivity contribution is -0.121. The lowest BCUT2D eigenvalue weighted by atomic mass is 10.0. The van der Waals surface area contributed by atoms with Crippen molar-refractivity contribution in [2.24, 2.45) is 0 Å². The number of imide groups is 1. The van der Waals surface area contributed by atoms with Gasteiger partial charge >= 0.3 is 0 Å². The van der Waals surface area contributed by atoms with Crippen molar-refractivity contribution in [3.05, 3.63) is 53.6 Å². The van der Waals surface area contributed by atoms with E-state index in [0.29, 0.717) is 18.5 Å². The molecule has 1 unspecified atom stereocenters. The van der Waals surface area contributed by atoms with E-state index in [1.807, 2.05) is 37.3 Å². The van der Waals surface area contributed by atoms with Crippen LogP contribution in [0.4, 0.5) is 17.1 Å². The summed E-state index contributed by atoms with van der Waals surface area (Å²) in [5.41, 5.74) is 4.28. The molecule has 26 heavy (non-hydrogen) atoms. The van der Waals surface area contributed by atoms with E-state index in [9.17, 15) is 14.4 Å². The van der Waals surface area contributed by atoms with Crippen molar-refractivity contribution in [1.82, 2.24) is 0 Å². The van der Waals surface area contributed by atoms with Gasteiger partial charge in [-0.2, -0.15) is 0 Å². The molecule has 0 radical (unpaired) electrons. The third-order valence-corrected chi connectivity index (χ3v) is 4.78. The number of hydrogen-bond acceptors (Lipinski definition) is 4. The first-order chi connectivity index (χ1) is 12.5. The summed E-state index contributed by atoms with van der Waals surface area (Å²) >= 11 is 0. The molecule has 6 heteroatoms. The van der Waals surface area contributed by atoms with E-state index < -0.39 is 6.04 Å². The molecular weight excluding hydrogens is 330 g/mol. The second-order valence-corrected chi connectivity index (χ2v) is 6.72. The van der Waals surface area contributed by atoms with E-state index in [1.165, 1.54) is 4.90 Å². The summed E-state index contributed by atoms with van der Waals surface area (Å²) in [6.07, 6.45) is 1.25. The average molecular weight is 349 g/mol. The van der Waals surface area contributed by atoms with E-state index in [1.54, 1.807) is 12.1 Å². The van der Waals surface area contributed by atoms with Crippen LogP contribution in [0.15, 0.2) is 42.5 Å². The van der Waals surface area contributed by atoms with Gasteiger partial charge in [-0.05, 0) is 49.2 Å². The zero-order valence-electron chi connectivity index (χ0n) is 14.4. The van der Waals surface area contributed by atoms with Crippen LogP contribution in [-0.2, 0) is 20.8 Å². The molecule has 132 valence electrons. The van der Waals surface area contributed by atoms with Gasteiger partial charge in [-0.25, -0.2) is 4.90 Å². The number of carbonyl (C=O) groups excluding carboxylic acids is 3. The standard InChI is InChI=1S/C20H19N3O3/c1-12-2-6-15(7-3-12)23-19(25)11-17(20(23)26)21-14-5-8-16-13(10-14)4-9-18(24)22-16/h2-3,5-8,10,17,21H,4,9,11H2,1H3,(H,22,24). The molecule has 1 fully saturated rings. The summed E-state index contributed by atoms with van der Waals surface area (Å²) in [4.78, 5) is 37.8. The summed E-state index contributed by atoms with van der Waals surface area (Å²) < 4.78 is 0. The number of nitrogens with one attached hydrogen (secondary N) is 2. The maximum atomic E-state index is 12.7. The topological polar surface area (TPSA) is 78.5 Å². The first-order valence-electron chi connectivity index (χ1n) is 8.64. The number of nitrogens with zero attached hydrogens (tertiary/aromatic N) is 1. The molecule has 0 saturated carbocycles. The molecule has 1 saturated heterocycles. The molecule has 3 amide bonds. The Morgan fingerprint density at radius 1 is 1.04 bits per heavy atom. The average Bonchev–Trinajstić information content (AvgIpc) is 2.90. The van der Waals surface area contributed by atoms with Crippen molar-refractivity contribution in [2.45, 2.75) is 32.2 Å². The number of benzene rings is 2. The minimum absolute atomic E-state index is 0.0171. The molecule has 0 aliphatic carbocycles. The van der Waals surface area contributed by atoms with Gasteiger partial charge in [-0.1, -0.05) is 17.7 Å². The van der Waals surface area contributed by atoms with Crippen molar-refractivity contribution in [3.63, 3.8) is 0 Å². The SMILES string of the molecule is Cc1ccc(N2C(=O)CC(Nc3ccc4c(c3)CCC(=O)N4)C2=O)cc1. The number of anilines is 3. The fraction of sp³-hybridized carbons (Fsp3) is 0.250. The Morgan fingerprint density at radius 2 is 1.81 bits per heavy atom. The van der Waals surface area contributed by atoms with Crippen LogP contribution < -0.4 is 15.5 Å². The van der Waals surface area contributed by atoms with Crippen LogP contribution in [0.25, 0.3) is 0 Å². The molecular formula is C20H19N3O3. The Balaban J connectivity index is 1.52. The molecule has 1 atom stereocenters. The number of hydrogen-bond donors (Lipinski definition) is 2. The van der Waals surface area contributed by atoms with Crippen molar-refractivity contribution in [2.75, 3.05) is 15.5 Å². The molecule has 2 aliphatic heterocycles. The van der Waals surface area contributed by atoms with Crippen LogP contribution in [0.5, 0.6) is 0 Å². The van der Waals surface area contributed by atoms with Crippen LogP contribution in [0, 0.1) is 6.92 Å². The second-order valence-electron chi connectivity index (χ2n) is 6.72. The predicted octanol–water partition coefficient (Wildman–Crippen LogP) is 2.62. The van der Waals surface area contributed by atoms with E-state index in [2.05, 4.69) is 10.6 Å². The van der Waals surface area contributed by atoms with Crippen molar-refractivity contribution < 1.29 is 14.4 Å². The highest BCUT2D eigenvalue weighted by atomic mass is 16.2. The predicted molar refractivity (Wildman–Crippen MR) is 99.1 cm³/mol. The minimum atomic E-state index is -0.583. The Labute approximate surface area is 151 Å². The molecule has 6 nitrogen and oxygen atoms in total. The molecule has 0 bridgehead atoms. The summed E-state index contributed by atoms with van der Waals surface area (Å²) in [6.45, 7) is 1.96. The zero-order chi connectivity index (χ0) is 18.3. The number of fused-ring (bicyclic) bond motifs is 1. The molecule has 2 N–H and O–H groups in total. The lowest BCUT2D eigenvalue weighted by Crippen LogP contribution is -2.34. The summed E-state index contributed by atoms with van der Waals surface area (Å²) in [6, 6.07) is 12.3. The van der Waals surface area contributed by atoms with Crippen molar-refractivity contribution in [1.29, 1.82) is 0 Å². The normalized spacial score (nSPS) is 19.3. The molecule has 4 rings (SSSR count). The third kappa shape index (κ3) is 2.94. The fourth-order valence-corrected chi connectivity index (χ4v) is 3.38. The van der Waals surface area contributed by atoms with E-state index >= 15 is 0 Å². The molecule has 0 aromatic heterocycles. The first kappa shape index (κ1) is 16.3. The van der Waals surface area contributed by atoms with Crippen molar-refractivity contribution >= 4 is 34.8 Å². The maximum absolute atomic E-state index is 12.7. The maximum Gasteiger partial charge on any atom is 0.256 e. The van der Waals surface area contributed by atoms with Crippen LogP contribution in [0.2, 0.25) is 0 Å². The van der Waals surface area contributed by atoms with Gasteiger partial charge < -0.3 is 10.6 Å². The van der Waals surface area contributed by atoms with E-state index in [0.717, 1.165) is 22.5 Å². The zero-order valence-corrected chi connectivity index (χ0v) is 14.4. The van der Waals surface area contributed by atoms with Gasteiger partial charge in [0.25, 0.3) is 5.91 Å². The molecule has 2 aromatic rings. The van der Waals surface area contributed by atoms with E-state index in [4.69, 9.17) is 0 Å². The summed E-state index contributed by atoms with van der Waals surface area (Å²) in [5.74, 6) is -0.435. The highest BCUT2D eigenvalue weighted by molar-refractivity contribution is 6.23. The number of aryl methyl sites for hydroxylation is 2. The molecule has 2 aromatic carbocycles. The second kappa shape index (κ2) is 6.29. The lowest BCUT2D eigenvalue weighted by Gasteiger charge is -2.19. The Kier molecular flexibility index (Phi) is 3.95. The third-order valence-electron chi connectivity index (χ3n) is 4.78. The van der Waals surface area contributed by atoms with Gasteiger partial charge in [0, 0.05) is 17.8 Å². The monoisotopic (exact) mass is 349 g/mol. The largest absolute Gasteiger partial charge is 0.373 e. The Morgan fingerprint density at radius 3 is 2.58 bits per heavy atom. The minimum Gasteiger partial charge on any atom is -0.373 e. The van der Waals surface area contributed by atoms with Gasteiger partial charge in [-0.3, -0.25) is 14.4 Å². The van der Waals surface area contributed by atoms with E-state index in [-0.39, 0.29) is 24.1 Å². The first-order valence-corrected chi connectivity index (χ1v) is 8.64. The van der Waals surface area contributed by atoms with Gasteiger partial charge in [0.1, 0.15) is 6.04 Å². The van der Waals surface area contributed by atoms with Gasteiger partial charge in [0.05, 0.1) is 12.1 Å². The van der Waals surface area contributed by atoms with Crippen LogP contribution in [0.3, 0.4) is 0 Å². The summed E-state index contributed by atoms with van der Waals surface area (Å²) in [7, 11) is 0. The van der Waals surface area contributed by atoms with Crippen LogP contribution in [-0.4, -0.2) is 23.8 Å². The quantitative estimate of drug-likeness (QED) is 0.835. The number of amides is 3. The smallest absolute Gasteiger partial charge is 0.256 e. The van der Waals surface area contributed by atoms with Gasteiger partial charge in [0.15, 0.2) is 0 Å². The fourth-order valence-electron chi connectivity index (χ4n) is 3.38. The molecule has 2 aliphatic rings. The highest BCUT2D eigenvalue weighted by Gasteiger charge is 2.39.